The number of aliphatic hydroxyl groups is 1. The minimum absolute atomic E-state index is 0.122. The van der Waals surface area contributed by atoms with Gasteiger partial charge >= 0.3 is 5.97 Å². The van der Waals surface area contributed by atoms with Crippen LogP contribution in [-0.2, 0) is 19.1 Å². The fourth-order valence-electron chi connectivity index (χ4n) is 6.90. The highest BCUT2D eigenvalue weighted by Crippen LogP contribution is 2.71. The number of ether oxygens (including phenoxy) is 2. The lowest BCUT2D eigenvalue weighted by Crippen LogP contribution is -2.55. The third-order valence-electron chi connectivity index (χ3n) is 8.83. The quantitative estimate of drug-likeness (QED) is 0.170. The summed E-state index contributed by atoms with van der Waals surface area (Å²) in [7, 11) is 1.60. The maximum Gasteiger partial charge on any atom is 0.311 e. The third-order valence-corrected chi connectivity index (χ3v) is 10.8. The van der Waals surface area contributed by atoms with Crippen LogP contribution in [0.5, 0.6) is 5.75 Å². The summed E-state index contributed by atoms with van der Waals surface area (Å²) < 4.78 is 9.86. The van der Waals surface area contributed by atoms with Crippen LogP contribution in [0.1, 0.15) is 58.3 Å². The van der Waals surface area contributed by atoms with Gasteiger partial charge in [0, 0.05) is 30.1 Å². The minimum atomic E-state index is -0.704. The number of fused-ring (bicyclic) bond motifs is 1. The Morgan fingerprint density at radius 2 is 1.85 bits per heavy atom. The molecule has 1 spiro atoms. The van der Waals surface area contributed by atoms with Crippen molar-refractivity contribution in [3.63, 3.8) is 0 Å². The average Bonchev–Trinajstić information content (AvgIpc) is 3.54. The third kappa shape index (κ3) is 5.93. The summed E-state index contributed by atoms with van der Waals surface area (Å²) in [5, 5.41) is 9.18. The standard InChI is InChI=1S/C32H44N2O6S/c1-5-7-12-22-40-30(38)26-25-28(36)34(20-10-8-9-11-21-35)27(32(25)18-17-31(26,3)41-32)29(37)33(19-6-2)23-13-15-24(39-4)16-14-23/h5-6,13-16,25-27,35H,1-2,7-12,17-22H2,3-4H3/t25-,26+,27?,31-,32?/m0/s1. The van der Waals surface area contributed by atoms with E-state index in [-0.39, 0.29) is 37.5 Å². The molecule has 3 aliphatic heterocycles. The molecule has 3 fully saturated rings. The van der Waals surface area contributed by atoms with Crippen molar-refractivity contribution in [3.8, 4) is 5.75 Å². The highest BCUT2D eigenvalue weighted by molar-refractivity contribution is 8.02. The first-order valence-electron chi connectivity index (χ1n) is 14.7. The molecule has 0 aliphatic carbocycles. The van der Waals surface area contributed by atoms with Crippen molar-refractivity contribution in [3.05, 3.63) is 49.6 Å². The van der Waals surface area contributed by atoms with Gasteiger partial charge in [-0.1, -0.05) is 25.0 Å². The molecule has 1 aromatic carbocycles. The monoisotopic (exact) mass is 584 g/mol. The highest BCUT2D eigenvalue weighted by Gasteiger charge is 2.77. The number of nitrogens with zero attached hydrogens (tertiary/aromatic N) is 2. The first kappa shape index (κ1) is 31.2. The molecule has 0 saturated carbocycles. The molecule has 1 N–H and O–H groups in total. The van der Waals surface area contributed by atoms with Crippen LogP contribution in [-0.4, -0.2) is 76.7 Å². The molecule has 2 bridgehead atoms. The van der Waals surface area contributed by atoms with E-state index in [1.54, 1.807) is 40.8 Å². The Labute approximate surface area is 248 Å². The second-order valence-corrected chi connectivity index (χ2v) is 13.3. The fourth-order valence-corrected chi connectivity index (χ4v) is 9.24. The molecule has 3 saturated heterocycles. The molecule has 224 valence electrons. The lowest BCUT2D eigenvalue weighted by Gasteiger charge is -2.37. The number of thioether (sulfide) groups is 1. The van der Waals surface area contributed by atoms with Gasteiger partial charge < -0.3 is 24.4 Å². The maximum atomic E-state index is 14.6. The van der Waals surface area contributed by atoms with E-state index in [0.29, 0.717) is 37.2 Å². The number of rotatable bonds is 16. The molecule has 5 atom stereocenters. The SMILES string of the molecule is C=CCCCOC(=O)[C@H]1[C@H]2C(=O)N(CCCCCCO)C(C(=O)N(CC=C)c3ccc(OC)cc3)C23CC[C@]1(C)S3. The van der Waals surface area contributed by atoms with Gasteiger partial charge in [0.25, 0.3) is 5.91 Å². The Morgan fingerprint density at radius 3 is 2.51 bits per heavy atom. The maximum absolute atomic E-state index is 14.6. The topological polar surface area (TPSA) is 96.4 Å². The van der Waals surface area contributed by atoms with Crippen molar-refractivity contribution >= 4 is 35.2 Å². The largest absolute Gasteiger partial charge is 0.497 e. The van der Waals surface area contributed by atoms with Gasteiger partial charge in [0.1, 0.15) is 11.8 Å². The molecule has 4 rings (SSSR count). The van der Waals surface area contributed by atoms with E-state index in [1.165, 1.54) is 0 Å². The van der Waals surface area contributed by atoms with Crippen LogP contribution in [0.3, 0.4) is 0 Å². The van der Waals surface area contributed by atoms with Crippen LogP contribution >= 0.6 is 11.8 Å². The van der Waals surface area contributed by atoms with Crippen LogP contribution in [0, 0.1) is 11.8 Å². The average molecular weight is 585 g/mol. The summed E-state index contributed by atoms with van der Waals surface area (Å²) in [6.07, 6.45) is 9.49. The second kappa shape index (κ2) is 13.5. The van der Waals surface area contributed by atoms with Gasteiger partial charge in [-0.25, -0.2) is 0 Å². The molecule has 2 amide bonds. The van der Waals surface area contributed by atoms with E-state index in [4.69, 9.17) is 9.47 Å². The van der Waals surface area contributed by atoms with Crippen LogP contribution < -0.4 is 9.64 Å². The van der Waals surface area contributed by atoms with Crippen molar-refractivity contribution in [2.24, 2.45) is 11.8 Å². The molecule has 3 heterocycles. The molecular weight excluding hydrogens is 540 g/mol. The predicted octanol–water partition coefficient (Wildman–Crippen LogP) is 4.76. The number of aliphatic hydroxyl groups excluding tert-OH is 1. The summed E-state index contributed by atoms with van der Waals surface area (Å²) in [6.45, 7) is 10.8. The molecule has 2 unspecified atom stereocenters. The molecule has 1 aromatic rings. The lowest BCUT2D eigenvalue weighted by atomic mass is 9.66. The summed E-state index contributed by atoms with van der Waals surface area (Å²) in [6, 6.07) is 6.61. The summed E-state index contributed by atoms with van der Waals surface area (Å²) in [5.41, 5.74) is 0.702. The van der Waals surface area contributed by atoms with Gasteiger partial charge in [0.2, 0.25) is 5.91 Å². The highest BCUT2D eigenvalue weighted by atomic mass is 32.2. The summed E-state index contributed by atoms with van der Waals surface area (Å²) in [4.78, 5) is 45.9. The van der Waals surface area contributed by atoms with E-state index in [0.717, 1.165) is 32.1 Å². The molecule has 0 aromatic heterocycles. The molecular formula is C32H44N2O6S. The number of likely N-dealkylation sites (tertiary alicyclic amines) is 1. The molecule has 9 heteroatoms. The number of benzene rings is 1. The Kier molecular flexibility index (Phi) is 10.2. The van der Waals surface area contributed by atoms with Crippen molar-refractivity contribution < 1.29 is 29.0 Å². The molecule has 8 nitrogen and oxygen atoms in total. The zero-order valence-corrected chi connectivity index (χ0v) is 25.2. The lowest BCUT2D eigenvalue weighted by molar-refractivity contribution is -0.155. The number of hydrogen-bond acceptors (Lipinski definition) is 7. The Bertz CT molecular complexity index is 1130. The molecule has 3 aliphatic rings. The van der Waals surface area contributed by atoms with E-state index < -0.39 is 27.4 Å². The predicted molar refractivity (Wildman–Crippen MR) is 162 cm³/mol. The zero-order chi connectivity index (χ0) is 29.6. The van der Waals surface area contributed by atoms with Crippen molar-refractivity contribution in [1.29, 1.82) is 0 Å². The minimum Gasteiger partial charge on any atom is -0.497 e. The Hall–Kier alpha value is -2.78. The van der Waals surface area contributed by atoms with Crippen molar-refractivity contribution in [1.82, 2.24) is 4.90 Å². The number of methoxy groups -OCH3 is 1. The van der Waals surface area contributed by atoms with Gasteiger partial charge in [0.15, 0.2) is 0 Å². The zero-order valence-electron chi connectivity index (χ0n) is 24.4. The molecule has 0 radical (unpaired) electrons. The molecule has 41 heavy (non-hydrogen) atoms. The van der Waals surface area contributed by atoms with Gasteiger partial charge in [-0.15, -0.1) is 24.9 Å². The summed E-state index contributed by atoms with van der Waals surface area (Å²) >= 11 is 1.65. The van der Waals surface area contributed by atoms with E-state index >= 15 is 0 Å². The second-order valence-electron chi connectivity index (χ2n) is 11.4. The number of anilines is 1. The fraction of sp³-hybridized carbons (Fsp3) is 0.594. The Balaban J connectivity index is 1.68. The normalized spacial score (nSPS) is 27.9. The van der Waals surface area contributed by atoms with Gasteiger partial charge in [-0.2, -0.15) is 0 Å². The number of hydrogen-bond donors (Lipinski definition) is 1. The van der Waals surface area contributed by atoms with Crippen molar-refractivity contribution in [2.45, 2.75) is 73.8 Å². The summed E-state index contributed by atoms with van der Waals surface area (Å²) in [5.74, 6) is -1.13. The number of allylic oxidation sites excluding steroid dienone is 1. The van der Waals surface area contributed by atoms with Crippen LogP contribution in [0.25, 0.3) is 0 Å². The number of unbranched alkanes of at least 4 members (excludes halogenated alkanes) is 4. The van der Waals surface area contributed by atoms with Crippen LogP contribution in [0.4, 0.5) is 5.69 Å². The van der Waals surface area contributed by atoms with Gasteiger partial charge in [0.05, 0.1) is 30.3 Å². The number of amides is 2. The van der Waals surface area contributed by atoms with Crippen molar-refractivity contribution in [2.75, 3.05) is 38.3 Å². The smallest absolute Gasteiger partial charge is 0.311 e. The number of carbonyl (C=O) groups is 3. The first-order chi connectivity index (χ1) is 19.8. The van der Waals surface area contributed by atoms with E-state index in [1.807, 2.05) is 24.3 Å². The van der Waals surface area contributed by atoms with Gasteiger partial charge in [-0.05, 0) is 69.7 Å². The number of esters is 1. The van der Waals surface area contributed by atoms with E-state index in [2.05, 4.69) is 20.1 Å². The van der Waals surface area contributed by atoms with Crippen LogP contribution in [0.15, 0.2) is 49.6 Å². The van der Waals surface area contributed by atoms with Crippen LogP contribution in [0.2, 0.25) is 0 Å². The number of carbonyl (C=O) groups excluding carboxylic acids is 3. The first-order valence-corrected chi connectivity index (χ1v) is 15.5. The Morgan fingerprint density at radius 1 is 1.12 bits per heavy atom. The van der Waals surface area contributed by atoms with Gasteiger partial charge in [-0.3, -0.25) is 14.4 Å². The van der Waals surface area contributed by atoms with E-state index in [9.17, 15) is 19.5 Å².